The van der Waals surface area contributed by atoms with Crippen LogP contribution in [0.2, 0.25) is 18.1 Å². The van der Waals surface area contributed by atoms with Gasteiger partial charge in [0.1, 0.15) is 5.60 Å². The van der Waals surface area contributed by atoms with Crippen molar-refractivity contribution in [3.05, 3.63) is 46.5 Å². The molecule has 1 aromatic rings. The summed E-state index contributed by atoms with van der Waals surface area (Å²) in [5.41, 5.74) is 2.29. The molecule has 0 bridgehead atoms. The van der Waals surface area contributed by atoms with Crippen LogP contribution in [0.4, 0.5) is 0 Å². The van der Waals surface area contributed by atoms with Crippen LogP contribution >= 0.6 is 0 Å². The highest BCUT2D eigenvalue weighted by Crippen LogP contribution is 2.61. The number of hydrogen-bond donors (Lipinski definition) is 0. The van der Waals surface area contributed by atoms with Crippen molar-refractivity contribution < 1.29 is 18.8 Å². The summed E-state index contributed by atoms with van der Waals surface area (Å²) in [5.74, 6) is 0.0258. The first kappa shape index (κ1) is 19.4. The maximum Gasteiger partial charge on any atom is 0.192 e. The Hall–Kier alpha value is -1.56. The first-order valence-electron chi connectivity index (χ1n) is 10.8. The molecule has 154 valence electrons. The molecule has 0 N–H and O–H groups in total. The van der Waals surface area contributed by atoms with Crippen LogP contribution in [0, 0.1) is 5.92 Å². The Morgan fingerprint density at radius 3 is 2.41 bits per heavy atom. The predicted octanol–water partition coefficient (Wildman–Crippen LogP) is 5.09. The molecule has 4 atom stereocenters. The Morgan fingerprint density at radius 1 is 1.10 bits per heavy atom. The number of carbonyl (C=O) groups is 2. The Kier molecular flexibility index (Phi) is 4.01. The minimum absolute atomic E-state index is 0.0201. The van der Waals surface area contributed by atoms with Gasteiger partial charge in [0, 0.05) is 40.7 Å². The number of fused-ring (bicyclic) bond motifs is 2. The quantitative estimate of drug-likeness (QED) is 0.503. The number of Topliss-reactive ketones (excluding diaryl/α,β-unsaturated/α-hetero) is 2. The van der Waals surface area contributed by atoms with Gasteiger partial charge in [0.05, 0.1) is 6.10 Å². The van der Waals surface area contributed by atoms with Gasteiger partial charge in [0.15, 0.2) is 19.9 Å². The highest BCUT2D eigenvalue weighted by Gasteiger charge is 2.68. The molecule has 1 heterocycles. The minimum atomic E-state index is -1.90. The number of hydrogen-bond acceptors (Lipinski definition) is 4. The third kappa shape index (κ3) is 2.70. The Bertz CT molecular complexity index is 954. The molecular weight excluding hydrogens is 380 g/mol. The van der Waals surface area contributed by atoms with Crippen molar-refractivity contribution in [2.75, 3.05) is 0 Å². The lowest BCUT2D eigenvalue weighted by Gasteiger charge is -2.44. The molecule has 0 unspecified atom stereocenters. The maximum atomic E-state index is 13.5. The van der Waals surface area contributed by atoms with Crippen LogP contribution in [0.25, 0.3) is 0 Å². The molecule has 5 heteroatoms. The van der Waals surface area contributed by atoms with Crippen molar-refractivity contribution in [2.45, 2.75) is 82.4 Å². The molecule has 3 aliphatic carbocycles. The lowest BCUT2D eigenvalue weighted by atomic mass is 9.63. The molecule has 5 rings (SSSR count). The summed E-state index contributed by atoms with van der Waals surface area (Å²) in [5, 5.41) is 0.146. The van der Waals surface area contributed by atoms with Crippen molar-refractivity contribution in [3.8, 4) is 0 Å². The molecule has 4 aliphatic rings. The third-order valence-corrected chi connectivity index (χ3v) is 12.6. The van der Waals surface area contributed by atoms with Gasteiger partial charge in [-0.2, -0.15) is 0 Å². The average molecular weight is 411 g/mol. The standard InChI is InChI=1S/C24H30O4Si/c1-23(2,3)29(4,5)28-14-10-11-24-18(12-14)20-17(13-19(24)27-24)21(25)15-8-6-7-9-16(15)22(20)26/h6-9,14,18-19H,10-13H2,1-5H3/t14-,18-,19-,24+/m1/s1. The lowest BCUT2D eigenvalue weighted by Crippen LogP contribution is -2.49. The molecule has 1 spiro atoms. The van der Waals surface area contributed by atoms with E-state index in [0.717, 1.165) is 24.8 Å². The van der Waals surface area contributed by atoms with Crippen LogP contribution in [0.3, 0.4) is 0 Å². The molecule has 0 radical (unpaired) electrons. The fraction of sp³-hybridized carbons (Fsp3) is 0.583. The Labute approximate surface area is 173 Å². The van der Waals surface area contributed by atoms with Gasteiger partial charge in [-0.3, -0.25) is 9.59 Å². The molecule has 1 aliphatic heterocycles. The molecule has 2 fully saturated rings. The van der Waals surface area contributed by atoms with Crippen LogP contribution in [-0.4, -0.2) is 37.7 Å². The van der Waals surface area contributed by atoms with E-state index in [1.165, 1.54) is 0 Å². The summed E-state index contributed by atoms with van der Waals surface area (Å²) in [7, 11) is -1.90. The second kappa shape index (κ2) is 5.99. The number of rotatable bonds is 2. The number of ketones is 2. The van der Waals surface area contributed by atoms with Gasteiger partial charge in [0.25, 0.3) is 0 Å². The third-order valence-electron chi connectivity index (χ3n) is 8.06. The molecule has 1 aromatic carbocycles. The molecule has 0 aromatic heterocycles. The molecule has 1 saturated carbocycles. The summed E-state index contributed by atoms with van der Waals surface area (Å²) in [6.07, 6.45) is 3.47. The number of benzene rings is 1. The SMILES string of the molecule is CC(C)(C)[Si](C)(C)O[C@@H]1CC[C@@]23O[C@@H]2CC2=C(C(=O)c4ccccc4C2=O)[C@H]3C1. The first-order valence-corrected chi connectivity index (χ1v) is 13.7. The van der Waals surface area contributed by atoms with Gasteiger partial charge in [0.2, 0.25) is 0 Å². The van der Waals surface area contributed by atoms with E-state index in [1.54, 1.807) is 12.1 Å². The fourth-order valence-electron chi connectivity index (χ4n) is 5.38. The van der Waals surface area contributed by atoms with Crippen molar-refractivity contribution in [3.63, 3.8) is 0 Å². The van der Waals surface area contributed by atoms with Gasteiger partial charge >= 0.3 is 0 Å². The molecule has 29 heavy (non-hydrogen) atoms. The van der Waals surface area contributed by atoms with Crippen LogP contribution in [-0.2, 0) is 9.16 Å². The van der Waals surface area contributed by atoms with E-state index in [0.29, 0.717) is 23.1 Å². The second-order valence-electron chi connectivity index (χ2n) is 10.7. The number of epoxide rings is 1. The summed E-state index contributed by atoms with van der Waals surface area (Å²) >= 11 is 0. The smallest absolute Gasteiger partial charge is 0.192 e. The van der Waals surface area contributed by atoms with Crippen LogP contribution < -0.4 is 0 Å². The lowest BCUT2D eigenvalue weighted by molar-refractivity contribution is 0.0633. The van der Waals surface area contributed by atoms with E-state index in [2.05, 4.69) is 33.9 Å². The van der Waals surface area contributed by atoms with Gasteiger partial charge in [-0.1, -0.05) is 45.0 Å². The molecule has 1 saturated heterocycles. The van der Waals surface area contributed by atoms with E-state index < -0.39 is 8.32 Å². The van der Waals surface area contributed by atoms with Crippen LogP contribution in [0.15, 0.2) is 35.4 Å². The summed E-state index contributed by atoms with van der Waals surface area (Å²) in [6, 6.07) is 7.24. The Morgan fingerprint density at radius 2 is 1.76 bits per heavy atom. The average Bonchev–Trinajstić information content (AvgIpc) is 3.36. The highest BCUT2D eigenvalue weighted by atomic mass is 28.4. The zero-order valence-electron chi connectivity index (χ0n) is 18.0. The zero-order chi connectivity index (χ0) is 20.8. The maximum absolute atomic E-state index is 13.5. The Balaban J connectivity index is 1.50. The summed E-state index contributed by atoms with van der Waals surface area (Å²) < 4.78 is 12.9. The number of carbonyl (C=O) groups excluding carboxylic acids is 2. The molecule has 4 nitrogen and oxygen atoms in total. The molecule has 0 amide bonds. The van der Waals surface area contributed by atoms with Gasteiger partial charge in [-0.05, 0) is 37.4 Å². The van der Waals surface area contributed by atoms with Gasteiger partial charge in [-0.25, -0.2) is 0 Å². The molecular formula is C24H30O4Si. The fourth-order valence-corrected chi connectivity index (χ4v) is 6.78. The second-order valence-corrected chi connectivity index (χ2v) is 15.4. The summed E-state index contributed by atoms with van der Waals surface area (Å²) in [4.78, 5) is 26.7. The monoisotopic (exact) mass is 410 g/mol. The van der Waals surface area contributed by atoms with E-state index in [1.807, 2.05) is 12.1 Å². The van der Waals surface area contributed by atoms with Crippen molar-refractivity contribution in [1.82, 2.24) is 0 Å². The predicted molar refractivity (Wildman–Crippen MR) is 114 cm³/mol. The van der Waals surface area contributed by atoms with Crippen LogP contribution in [0.1, 0.15) is 67.2 Å². The normalized spacial score (nSPS) is 33.6. The van der Waals surface area contributed by atoms with E-state index >= 15 is 0 Å². The summed E-state index contributed by atoms with van der Waals surface area (Å²) in [6.45, 7) is 11.3. The first-order chi connectivity index (χ1) is 13.6. The van der Waals surface area contributed by atoms with Gasteiger partial charge in [-0.15, -0.1) is 0 Å². The van der Waals surface area contributed by atoms with E-state index in [4.69, 9.17) is 9.16 Å². The van der Waals surface area contributed by atoms with E-state index in [9.17, 15) is 9.59 Å². The van der Waals surface area contributed by atoms with Crippen LogP contribution in [0.5, 0.6) is 0 Å². The highest BCUT2D eigenvalue weighted by molar-refractivity contribution is 6.74. The van der Waals surface area contributed by atoms with Crippen molar-refractivity contribution in [2.24, 2.45) is 5.92 Å². The number of ether oxygens (including phenoxy) is 1. The van der Waals surface area contributed by atoms with Crippen molar-refractivity contribution in [1.29, 1.82) is 0 Å². The zero-order valence-corrected chi connectivity index (χ0v) is 19.0. The van der Waals surface area contributed by atoms with Gasteiger partial charge < -0.3 is 9.16 Å². The largest absolute Gasteiger partial charge is 0.414 e. The van der Waals surface area contributed by atoms with Crippen molar-refractivity contribution >= 4 is 19.9 Å². The van der Waals surface area contributed by atoms with E-state index in [-0.39, 0.29) is 40.3 Å². The minimum Gasteiger partial charge on any atom is -0.414 e. The topological polar surface area (TPSA) is 55.9 Å².